The number of carbonyl (C=O) groups excluding carboxylic acids is 1. The average Bonchev–Trinajstić information content (AvgIpc) is 2.90. The van der Waals surface area contributed by atoms with Gasteiger partial charge in [-0.2, -0.15) is 0 Å². The summed E-state index contributed by atoms with van der Waals surface area (Å²) in [6.45, 7) is 2.85. The van der Waals surface area contributed by atoms with Crippen molar-refractivity contribution < 1.29 is 9.53 Å². The van der Waals surface area contributed by atoms with Crippen molar-refractivity contribution in [2.45, 2.75) is 26.2 Å². The highest BCUT2D eigenvalue weighted by atomic mass is 32.2. The molecule has 2 aromatic rings. The molecule has 1 aliphatic heterocycles. The van der Waals surface area contributed by atoms with Crippen LogP contribution in [0.15, 0.2) is 59.5 Å². The van der Waals surface area contributed by atoms with Crippen molar-refractivity contribution in [3.63, 3.8) is 0 Å². The molecule has 2 aromatic carbocycles. The number of amides is 1. The largest absolute Gasteiger partial charge is 0.457 e. The van der Waals surface area contributed by atoms with E-state index in [1.807, 2.05) is 60.7 Å². The Morgan fingerprint density at radius 2 is 1.85 bits per heavy atom. The summed E-state index contributed by atoms with van der Waals surface area (Å²) < 4.78 is 6.51. The summed E-state index contributed by atoms with van der Waals surface area (Å²) in [6.07, 6.45) is 5.10. The number of benzene rings is 2. The van der Waals surface area contributed by atoms with Crippen molar-refractivity contribution in [2.24, 2.45) is 0 Å². The third-order valence-electron chi connectivity index (χ3n) is 3.99. The highest BCUT2D eigenvalue weighted by Crippen LogP contribution is 2.33. The second kappa shape index (κ2) is 9.01. The number of hydrogen-bond acceptors (Lipinski definition) is 4. The fourth-order valence-corrected chi connectivity index (χ4v) is 3.97. The van der Waals surface area contributed by atoms with Crippen molar-refractivity contribution >= 4 is 40.3 Å². The van der Waals surface area contributed by atoms with E-state index in [0.717, 1.165) is 36.3 Å². The maximum Gasteiger partial charge on any atom is 0.266 e. The van der Waals surface area contributed by atoms with Crippen molar-refractivity contribution in [2.75, 3.05) is 6.54 Å². The van der Waals surface area contributed by atoms with Gasteiger partial charge in [0.05, 0.1) is 4.91 Å². The van der Waals surface area contributed by atoms with Crippen LogP contribution in [0.3, 0.4) is 0 Å². The molecule has 3 rings (SSSR count). The van der Waals surface area contributed by atoms with E-state index in [4.69, 9.17) is 17.0 Å². The molecule has 5 heteroatoms. The SMILES string of the molecule is CCCCCN1C(=O)C(=Cc2cccc(Oc3ccccc3)c2)SC1=S. The van der Waals surface area contributed by atoms with E-state index in [0.29, 0.717) is 15.8 Å². The fourth-order valence-electron chi connectivity index (χ4n) is 2.66. The molecule has 1 fully saturated rings. The van der Waals surface area contributed by atoms with E-state index in [-0.39, 0.29) is 5.91 Å². The van der Waals surface area contributed by atoms with Crippen LogP contribution in [-0.2, 0) is 4.79 Å². The van der Waals surface area contributed by atoms with Gasteiger partial charge in [0.2, 0.25) is 0 Å². The zero-order valence-electron chi connectivity index (χ0n) is 14.7. The van der Waals surface area contributed by atoms with Gasteiger partial charge in [0.15, 0.2) is 0 Å². The van der Waals surface area contributed by atoms with Crippen LogP contribution in [0.4, 0.5) is 0 Å². The number of nitrogens with zero attached hydrogens (tertiary/aromatic N) is 1. The average molecular weight is 384 g/mol. The summed E-state index contributed by atoms with van der Waals surface area (Å²) in [4.78, 5) is 15.0. The van der Waals surface area contributed by atoms with E-state index < -0.39 is 0 Å². The normalized spacial score (nSPS) is 15.7. The molecule has 1 aliphatic rings. The Morgan fingerprint density at radius 1 is 1.08 bits per heavy atom. The molecule has 1 saturated heterocycles. The summed E-state index contributed by atoms with van der Waals surface area (Å²) in [5.41, 5.74) is 0.924. The van der Waals surface area contributed by atoms with Crippen LogP contribution in [0, 0.1) is 0 Å². The predicted octanol–water partition coefficient (Wildman–Crippen LogP) is 5.87. The van der Waals surface area contributed by atoms with Crippen molar-refractivity contribution in [1.82, 2.24) is 4.90 Å². The van der Waals surface area contributed by atoms with Gasteiger partial charge in [-0.3, -0.25) is 9.69 Å². The van der Waals surface area contributed by atoms with Gasteiger partial charge < -0.3 is 4.74 Å². The molecule has 0 aromatic heterocycles. The van der Waals surface area contributed by atoms with E-state index in [1.54, 1.807) is 4.90 Å². The topological polar surface area (TPSA) is 29.5 Å². The lowest BCUT2D eigenvalue weighted by molar-refractivity contribution is -0.122. The third kappa shape index (κ3) is 4.74. The number of carbonyl (C=O) groups is 1. The number of thiocarbonyl (C=S) groups is 1. The predicted molar refractivity (Wildman–Crippen MR) is 112 cm³/mol. The van der Waals surface area contributed by atoms with E-state index >= 15 is 0 Å². The van der Waals surface area contributed by atoms with Crippen LogP contribution in [-0.4, -0.2) is 21.7 Å². The maximum absolute atomic E-state index is 12.6. The second-order valence-corrected chi connectivity index (χ2v) is 7.70. The van der Waals surface area contributed by atoms with E-state index in [9.17, 15) is 4.79 Å². The number of para-hydroxylation sites is 1. The van der Waals surface area contributed by atoms with Gasteiger partial charge in [-0.25, -0.2) is 0 Å². The highest BCUT2D eigenvalue weighted by molar-refractivity contribution is 8.26. The minimum atomic E-state index is 0.00508. The first-order chi connectivity index (χ1) is 12.7. The second-order valence-electron chi connectivity index (χ2n) is 6.03. The van der Waals surface area contributed by atoms with E-state index in [1.165, 1.54) is 11.8 Å². The van der Waals surface area contributed by atoms with Crippen molar-refractivity contribution in [1.29, 1.82) is 0 Å². The van der Waals surface area contributed by atoms with Crippen LogP contribution in [0.5, 0.6) is 11.5 Å². The number of thioether (sulfide) groups is 1. The minimum Gasteiger partial charge on any atom is -0.457 e. The van der Waals surface area contributed by atoms with Crippen LogP contribution in [0.25, 0.3) is 6.08 Å². The Labute approximate surface area is 164 Å². The molecule has 0 spiro atoms. The zero-order chi connectivity index (χ0) is 18.4. The number of rotatable bonds is 7. The molecule has 0 unspecified atom stereocenters. The van der Waals surface area contributed by atoms with Gasteiger partial charge in [-0.05, 0) is 42.3 Å². The zero-order valence-corrected chi connectivity index (χ0v) is 16.3. The lowest BCUT2D eigenvalue weighted by Gasteiger charge is -2.13. The van der Waals surface area contributed by atoms with Crippen LogP contribution in [0.2, 0.25) is 0 Å². The molecular weight excluding hydrogens is 362 g/mol. The molecule has 0 atom stereocenters. The van der Waals surface area contributed by atoms with Gasteiger partial charge in [0.1, 0.15) is 15.8 Å². The Hall–Kier alpha value is -2.11. The number of hydrogen-bond donors (Lipinski definition) is 0. The molecule has 3 nitrogen and oxygen atoms in total. The Kier molecular flexibility index (Phi) is 6.47. The fraction of sp³-hybridized carbons (Fsp3) is 0.238. The summed E-state index contributed by atoms with van der Waals surface area (Å²) in [5.74, 6) is 1.53. The van der Waals surface area contributed by atoms with Gasteiger partial charge in [0, 0.05) is 6.54 Å². The van der Waals surface area contributed by atoms with Gasteiger partial charge in [-0.15, -0.1) is 0 Å². The quantitative estimate of drug-likeness (QED) is 0.340. The third-order valence-corrected chi connectivity index (χ3v) is 5.37. The molecule has 0 N–H and O–H groups in total. The van der Waals surface area contributed by atoms with Crippen molar-refractivity contribution in [3.8, 4) is 11.5 Å². The minimum absolute atomic E-state index is 0.00508. The maximum atomic E-state index is 12.6. The molecule has 134 valence electrons. The summed E-state index contributed by atoms with van der Waals surface area (Å²) >= 11 is 6.75. The van der Waals surface area contributed by atoms with Crippen molar-refractivity contribution in [3.05, 3.63) is 65.1 Å². The smallest absolute Gasteiger partial charge is 0.266 e. The molecule has 0 aliphatic carbocycles. The van der Waals surface area contributed by atoms with Crippen LogP contribution in [0.1, 0.15) is 31.7 Å². The first kappa shape index (κ1) is 18.7. The summed E-state index contributed by atoms with van der Waals surface area (Å²) in [7, 11) is 0. The number of unbranched alkanes of at least 4 members (excludes halogenated alkanes) is 2. The van der Waals surface area contributed by atoms with Gasteiger partial charge in [0.25, 0.3) is 5.91 Å². The monoisotopic (exact) mass is 383 g/mol. The first-order valence-corrected chi connectivity index (χ1v) is 9.98. The van der Waals surface area contributed by atoms with Crippen LogP contribution >= 0.6 is 24.0 Å². The Balaban J connectivity index is 1.72. The standard InChI is InChI=1S/C21H21NO2S2/c1-2-3-7-13-22-20(23)19(26-21(22)25)15-16-9-8-12-18(14-16)24-17-10-5-4-6-11-17/h4-6,8-12,14-15H,2-3,7,13H2,1H3. The van der Waals surface area contributed by atoms with Gasteiger partial charge >= 0.3 is 0 Å². The molecule has 1 heterocycles. The van der Waals surface area contributed by atoms with Crippen LogP contribution < -0.4 is 4.74 Å². The highest BCUT2D eigenvalue weighted by Gasteiger charge is 2.31. The molecule has 0 bridgehead atoms. The lowest BCUT2D eigenvalue weighted by Crippen LogP contribution is -2.28. The molecule has 0 radical (unpaired) electrons. The lowest BCUT2D eigenvalue weighted by atomic mass is 10.2. The number of ether oxygens (including phenoxy) is 1. The first-order valence-electron chi connectivity index (χ1n) is 8.75. The Bertz CT molecular complexity index is 818. The molecular formula is C21H21NO2S2. The molecule has 0 saturated carbocycles. The summed E-state index contributed by atoms with van der Waals surface area (Å²) in [6, 6.07) is 17.4. The molecule has 26 heavy (non-hydrogen) atoms. The van der Waals surface area contributed by atoms with E-state index in [2.05, 4.69) is 6.92 Å². The molecule has 1 amide bonds. The Morgan fingerprint density at radius 3 is 2.62 bits per heavy atom. The summed E-state index contributed by atoms with van der Waals surface area (Å²) in [5, 5.41) is 0. The van der Waals surface area contributed by atoms with Gasteiger partial charge in [-0.1, -0.05) is 74.1 Å².